The molecule has 0 spiro atoms. The summed E-state index contributed by atoms with van der Waals surface area (Å²) >= 11 is 0. The molecule has 0 heterocycles. The molecule has 1 unspecified atom stereocenters. The third-order valence-corrected chi connectivity index (χ3v) is 16.6. The number of aliphatic carboxylic acids is 2. The fraction of sp³-hybridized carbons (Fsp3) is 0.884. The van der Waals surface area contributed by atoms with Gasteiger partial charge in [-0.05, 0) is 128 Å². The first-order valence-electron chi connectivity index (χ1n) is 20.8. The van der Waals surface area contributed by atoms with Crippen molar-refractivity contribution in [3.05, 3.63) is 12.2 Å². The summed E-state index contributed by atoms with van der Waals surface area (Å²) in [5.74, 6) is 0.620. The molecular weight excluding hydrogens is 640 g/mol. The molecule has 51 heavy (non-hydrogen) atoms. The molecule has 8 heteroatoms. The van der Waals surface area contributed by atoms with Crippen LogP contribution < -0.4 is 10.6 Å². The number of aliphatic hydroxyl groups is 1. The fourth-order valence-electron chi connectivity index (χ4n) is 13.7. The first-order valence-corrected chi connectivity index (χ1v) is 20.8. The fourth-order valence-corrected chi connectivity index (χ4v) is 13.7. The van der Waals surface area contributed by atoms with Crippen LogP contribution in [0.1, 0.15) is 157 Å². The van der Waals surface area contributed by atoms with Crippen molar-refractivity contribution in [1.29, 1.82) is 0 Å². The minimum absolute atomic E-state index is 0.0769. The first kappa shape index (κ1) is 40.3. The van der Waals surface area contributed by atoms with E-state index in [1.54, 1.807) is 0 Å². The van der Waals surface area contributed by atoms with Crippen molar-refractivity contribution in [2.45, 2.75) is 163 Å². The third kappa shape index (κ3) is 7.44. The number of rotatable bonds is 17. The van der Waals surface area contributed by atoms with Crippen LogP contribution in [-0.2, 0) is 14.4 Å². The van der Waals surface area contributed by atoms with Crippen LogP contribution in [0.2, 0.25) is 0 Å². The lowest BCUT2D eigenvalue weighted by atomic mass is 9.32. The zero-order valence-corrected chi connectivity index (χ0v) is 32.8. The highest BCUT2D eigenvalue weighted by Gasteiger charge is 2.71. The Morgan fingerprint density at radius 2 is 1.35 bits per heavy atom. The maximum atomic E-state index is 14.5. The van der Waals surface area contributed by atoms with Crippen molar-refractivity contribution >= 4 is 17.8 Å². The maximum absolute atomic E-state index is 14.5. The molecule has 5 N–H and O–H groups in total. The Hall–Kier alpha value is -1.93. The van der Waals surface area contributed by atoms with Crippen LogP contribution in [0.3, 0.4) is 0 Å². The Morgan fingerprint density at radius 1 is 0.686 bits per heavy atom. The van der Waals surface area contributed by atoms with E-state index in [2.05, 4.69) is 51.8 Å². The van der Waals surface area contributed by atoms with E-state index in [4.69, 9.17) is 5.11 Å². The average Bonchev–Trinajstić information content (AvgIpc) is 3.46. The van der Waals surface area contributed by atoms with Gasteiger partial charge < -0.3 is 26.0 Å². The van der Waals surface area contributed by atoms with Crippen LogP contribution in [0.25, 0.3) is 0 Å². The van der Waals surface area contributed by atoms with Gasteiger partial charge in [-0.25, -0.2) is 0 Å². The van der Waals surface area contributed by atoms with E-state index in [0.717, 1.165) is 108 Å². The number of nitrogens with one attached hydrogen (secondary N) is 2. The van der Waals surface area contributed by atoms with Gasteiger partial charge in [-0.2, -0.15) is 0 Å². The SMILES string of the molecule is C=C(CNCC(=O)O)[C@@H]1CC[C@]2(C(=O)NCCCCCCCCCCC(=O)O)CC[C@]3(C)[C@H](CCC4[C@@]5(C)CC[C@H](O)C(C)(C)[C@@H]5CC[C@]43C)[C@@H]12. The van der Waals surface area contributed by atoms with Gasteiger partial charge in [-0.1, -0.05) is 85.3 Å². The number of aliphatic hydroxyl groups excluding tert-OH is 1. The van der Waals surface area contributed by atoms with Crippen molar-refractivity contribution in [3.8, 4) is 0 Å². The van der Waals surface area contributed by atoms with E-state index < -0.39 is 17.4 Å². The van der Waals surface area contributed by atoms with E-state index in [1.165, 1.54) is 12.8 Å². The van der Waals surface area contributed by atoms with Crippen LogP contribution in [0.4, 0.5) is 0 Å². The number of carboxylic acids is 2. The third-order valence-electron chi connectivity index (χ3n) is 16.6. The molecule has 5 aliphatic carbocycles. The Balaban J connectivity index is 1.29. The lowest BCUT2D eigenvalue weighted by Crippen LogP contribution is -2.67. The minimum Gasteiger partial charge on any atom is -0.481 e. The van der Waals surface area contributed by atoms with Crippen LogP contribution in [0.15, 0.2) is 12.2 Å². The van der Waals surface area contributed by atoms with Crippen molar-refractivity contribution < 1.29 is 29.7 Å². The second kappa shape index (κ2) is 15.8. The van der Waals surface area contributed by atoms with E-state index in [0.29, 0.717) is 30.8 Å². The highest BCUT2D eigenvalue weighted by Crippen LogP contribution is 2.77. The van der Waals surface area contributed by atoms with Gasteiger partial charge in [0.1, 0.15) is 0 Å². The second-order valence-electron chi connectivity index (χ2n) is 19.3. The van der Waals surface area contributed by atoms with Crippen LogP contribution in [-0.4, -0.2) is 58.9 Å². The molecule has 5 saturated carbocycles. The molecule has 0 aromatic rings. The number of carbonyl (C=O) groups is 3. The Morgan fingerprint density at radius 3 is 2.02 bits per heavy atom. The number of amides is 1. The summed E-state index contributed by atoms with van der Waals surface area (Å²) < 4.78 is 0. The molecule has 10 atom stereocenters. The Kier molecular flexibility index (Phi) is 12.5. The predicted molar refractivity (Wildman–Crippen MR) is 202 cm³/mol. The largest absolute Gasteiger partial charge is 0.481 e. The summed E-state index contributed by atoms with van der Waals surface area (Å²) in [5, 5.41) is 35.8. The predicted octanol–water partition coefficient (Wildman–Crippen LogP) is 8.37. The lowest BCUT2D eigenvalue weighted by molar-refractivity contribution is -0.246. The van der Waals surface area contributed by atoms with Crippen molar-refractivity contribution in [3.63, 3.8) is 0 Å². The quantitative estimate of drug-likeness (QED) is 0.0755. The van der Waals surface area contributed by atoms with Crippen molar-refractivity contribution in [1.82, 2.24) is 10.6 Å². The summed E-state index contributed by atoms with van der Waals surface area (Å²) in [7, 11) is 0. The maximum Gasteiger partial charge on any atom is 0.317 e. The van der Waals surface area contributed by atoms with Crippen molar-refractivity contribution in [2.24, 2.45) is 56.7 Å². The van der Waals surface area contributed by atoms with E-state index in [1.807, 2.05) is 0 Å². The standard InChI is InChI=1S/C43H72N2O6/c1-29(27-44-28-36(49)50)30-18-23-43(38(51)45-26-14-12-10-8-7-9-11-13-15-35(47)48)25-24-41(5)31(37(30)43)16-17-33-40(4)21-20-34(46)39(2,3)32(40)19-22-42(33,41)6/h30-34,37,44,46H,1,7-28H2,2-6H3,(H,45,51)(H,47,48)(H,49,50)/t30-,31+,32-,33?,34-,37+,40-,41+,42+,43-/m0/s1. The molecule has 0 aliphatic heterocycles. The second-order valence-corrected chi connectivity index (χ2v) is 19.3. The van der Waals surface area contributed by atoms with Gasteiger partial charge >= 0.3 is 11.9 Å². The number of unbranched alkanes of at least 4 members (excludes halogenated alkanes) is 7. The average molecular weight is 713 g/mol. The highest BCUT2D eigenvalue weighted by atomic mass is 16.4. The monoisotopic (exact) mass is 713 g/mol. The molecule has 8 nitrogen and oxygen atoms in total. The van der Waals surface area contributed by atoms with Crippen LogP contribution in [0.5, 0.6) is 0 Å². The molecule has 0 radical (unpaired) electrons. The van der Waals surface area contributed by atoms with Gasteiger partial charge in [-0.3, -0.25) is 14.4 Å². The summed E-state index contributed by atoms with van der Waals surface area (Å²) in [6.07, 6.45) is 18.8. The minimum atomic E-state index is -0.863. The topological polar surface area (TPSA) is 136 Å². The molecular formula is C43H72N2O6. The molecule has 1 amide bonds. The van der Waals surface area contributed by atoms with Gasteiger partial charge in [0.05, 0.1) is 18.1 Å². The first-order chi connectivity index (χ1) is 24.0. The molecule has 290 valence electrons. The number of hydrogen-bond acceptors (Lipinski definition) is 5. The van der Waals surface area contributed by atoms with Gasteiger partial charge in [0.25, 0.3) is 0 Å². The molecule has 5 fully saturated rings. The zero-order valence-electron chi connectivity index (χ0n) is 32.8. The number of hydrogen-bond donors (Lipinski definition) is 5. The normalized spacial score (nSPS) is 39.6. The summed E-state index contributed by atoms with van der Waals surface area (Å²) in [4.78, 5) is 36.6. The molecule has 5 aliphatic rings. The Labute approximate surface area is 308 Å². The highest BCUT2D eigenvalue weighted by molar-refractivity contribution is 5.84. The molecule has 5 rings (SSSR count). The van der Waals surface area contributed by atoms with E-state index in [9.17, 15) is 24.6 Å². The van der Waals surface area contributed by atoms with Crippen molar-refractivity contribution in [2.75, 3.05) is 19.6 Å². The lowest BCUT2D eigenvalue weighted by Gasteiger charge is -2.72. The van der Waals surface area contributed by atoms with Gasteiger partial charge in [0.2, 0.25) is 5.91 Å². The van der Waals surface area contributed by atoms with Crippen LogP contribution >= 0.6 is 0 Å². The molecule has 0 bridgehead atoms. The summed E-state index contributed by atoms with van der Waals surface area (Å²) in [5.41, 5.74) is 1.05. The molecule has 0 saturated heterocycles. The molecule has 0 aromatic carbocycles. The Bertz CT molecular complexity index is 1280. The van der Waals surface area contributed by atoms with Gasteiger partial charge in [0.15, 0.2) is 0 Å². The zero-order chi connectivity index (χ0) is 37.2. The summed E-state index contributed by atoms with van der Waals surface area (Å²) in [6.45, 7) is 18.0. The molecule has 0 aromatic heterocycles. The van der Waals surface area contributed by atoms with E-state index >= 15 is 0 Å². The number of carbonyl (C=O) groups excluding carboxylic acids is 1. The smallest absolute Gasteiger partial charge is 0.317 e. The van der Waals surface area contributed by atoms with E-state index in [-0.39, 0.29) is 58.5 Å². The van der Waals surface area contributed by atoms with Crippen LogP contribution in [0, 0.1) is 56.7 Å². The van der Waals surface area contributed by atoms with Gasteiger partial charge in [0, 0.05) is 19.5 Å². The summed E-state index contributed by atoms with van der Waals surface area (Å²) in [6, 6.07) is 0. The number of carboxylic acid groups (broad SMARTS) is 2. The van der Waals surface area contributed by atoms with Gasteiger partial charge in [-0.15, -0.1) is 0 Å². The number of fused-ring (bicyclic) bond motifs is 7.